The van der Waals surface area contributed by atoms with E-state index in [1.54, 1.807) is 6.26 Å². The highest BCUT2D eigenvalue weighted by Gasteiger charge is 2.24. The normalized spacial score (nSPS) is 15.0. The molecule has 0 bridgehead atoms. The maximum absolute atomic E-state index is 11.8. The number of nitrogens with zero attached hydrogens (tertiary/aromatic N) is 1. The quantitative estimate of drug-likeness (QED) is 0.0626. The van der Waals surface area contributed by atoms with E-state index in [0.29, 0.717) is 11.0 Å². The second-order valence-corrected chi connectivity index (χ2v) is 11.8. The van der Waals surface area contributed by atoms with Gasteiger partial charge in [0.15, 0.2) is 0 Å². The summed E-state index contributed by atoms with van der Waals surface area (Å²) in [5.74, 6) is 0. The number of phosphoric ester groups is 1. The van der Waals surface area contributed by atoms with Gasteiger partial charge in [-0.2, -0.15) is 0 Å². The lowest BCUT2D eigenvalue weighted by Crippen LogP contribution is -2.37. The zero-order valence-electron chi connectivity index (χ0n) is 22.6. The summed E-state index contributed by atoms with van der Waals surface area (Å²) < 4.78 is 27.4. The lowest BCUT2D eigenvalue weighted by Gasteiger charge is -2.24. The summed E-state index contributed by atoms with van der Waals surface area (Å²) in [5, 5.41) is 9.83. The number of phosphoric acid groups is 1. The molecule has 0 aromatic rings. The Labute approximate surface area is 210 Å². The van der Waals surface area contributed by atoms with E-state index in [9.17, 15) is 14.6 Å². The maximum Gasteiger partial charge on any atom is 0.472 e. The highest BCUT2D eigenvalue weighted by Crippen LogP contribution is 2.43. The summed E-state index contributed by atoms with van der Waals surface area (Å²) >= 11 is 0. The van der Waals surface area contributed by atoms with Gasteiger partial charge in [0.2, 0.25) is 0 Å². The van der Waals surface area contributed by atoms with Crippen LogP contribution in [-0.2, 0) is 18.3 Å². The number of aliphatic hydroxyl groups excluding tert-OH is 1. The van der Waals surface area contributed by atoms with E-state index in [1.807, 2.05) is 27.2 Å². The molecule has 0 spiro atoms. The van der Waals surface area contributed by atoms with Gasteiger partial charge in [0.25, 0.3) is 0 Å². The van der Waals surface area contributed by atoms with E-state index in [0.717, 1.165) is 12.8 Å². The van der Waals surface area contributed by atoms with E-state index in [4.69, 9.17) is 13.8 Å². The van der Waals surface area contributed by atoms with Crippen LogP contribution in [0, 0.1) is 0 Å². The molecule has 0 fully saturated rings. The van der Waals surface area contributed by atoms with Crippen LogP contribution in [0.1, 0.15) is 103 Å². The molecule has 8 heteroatoms. The SMILES string of the molecule is CCCCCCCCCCCCCCCCC=COC[C@@H](O)COP(=O)(O)OCC[N+](C)(C)C. The summed E-state index contributed by atoms with van der Waals surface area (Å²) in [6, 6.07) is 0. The first kappa shape index (κ1) is 33.6. The molecule has 0 saturated heterocycles. The van der Waals surface area contributed by atoms with Crippen molar-refractivity contribution in [3.05, 3.63) is 12.3 Å². The molecule has 7 nitrogen and oxygen atoms in total. The predicted octanol–water partition coefficient (Wildman–Crippen LogP) is 6.59. The first-order valence-electron chi connectivity index (χ1n) is 13.5. The van der Waals surface area contributed by atoms with Crippen LogP contribution in [0.25, 0.3) is 0 Å². The van der Waals surface area contributed by atoms with Crippen LogP contribution < -0.4 is 0 Å². The number of likely N-dealkylation sites (N-methyl/N-ethyl adjacent to an activating group) is 1. The minimum absolute atomic E-state index is 0.00806. The standard InChI is InChI=1S/C26H54NO6P/c1-5-6-7-8-9-10-11-12-13-14-15-16-17-18-19-20-22-31-24-26(28)25-33-34(29,30)32-23-21-27(2,3)4/h20,22,26,28H,5-19,21,23-25H2,1-4H3/p+1/t26-/m1/s1. The Bertz CT molecular complexity index is 524. The lowest BCUT2D eigenvalue weighted by molar-refractivity contribution is -0.870. The molecule has 2 N–H and O–H groups in total. The predicted molar refractivity (Wildman–Crippen MR) is 141 cm³/mol. The average Bonchev–Trinajstić information content (AvgIpc) is 2.76. The number of quaternary nitrogens is 1. The van der Waals surface area contributed by atoms with Gasteiger partial charge in [-0.25, -0.2) is 4.57 Å². The summed E-state index contributed by atoms with van der Waals surface area (Å²) in [4.78, 5) is 9.63. The molecule has 0 aliphatic rings. The number of aliphatic hydroxyl groups is 1. The minimum atomic E-state index is -4.15. The molecule has 0 aliphatic carbocycles. The molecule has 34 heavy (non-hydrogen) atoms. The van der Waals surface area contributed by atoms with Crippen LogP contribution in [0.5, 0.6) is 0 Å². The summed E-state index contributed by atoms with van der Waals surface area (Å²) in [5.41, 5.74) is 0. The van der Waals surface area contributed by atoms with Gasteiger partial charge in [0, 0.05) is 0 Å². The fraction of sp³-hybridized carbons (Fsp3) is 0.923. The van der Waals surface area contributed by atoms with E-state index >= 15 is 0 Å². The highest BCUT2D eigenvalue weighted by atomic mass is 31.2. The fourth-order valence-corrected chi connectivity index (χ4v) is 4.20. The van der Waals surface area contributed by atoms with Crippen molar-refractivity contribution in [2.45, 2.75) is 109 Å². The van der Waals surface area contributed by atoms with Crippen LogP contribution >= 0.6 is 7.82 Å². The highest BCUT2D eigenvalue weighted by molar-refractivity contribution is 7.47. The first-order valence-corrected chi connectivity index (χ1v) is 15.0. The minimum Gasteiger partial charge on any atom is -0.499 e. The van der Waals surface area contributed by atoms with Crippen molar-refractivity contribution in [1.82, 2.24) is 0 Å². The molecule has 0 rings (SSSR count). The van der Waals surface area contributed by atoms with Gasteiger partial charge >= 0.3 is 7.82 Å². The van der Waals surface area contributed by atoms with Crippen LogP contribution in [0.3, 0.4) is 0 Å². The second-order valence-electron chi connectivity index (χ2n) is 10.4. The molecule has 204 valence electrons. The third-order valence-electron chi connectivity index (χ3n) is 5.65. The van der Waals surface area contributed by atoms with E-state index < -0.39 is 13.9 Å². The molecule has 0 aromatic carbocycles. The van der Waals surface area contributed by atoms with E-state index in [-0.39, 0.29) is 19.8 Å². The van der Waals surface area contributed by atoms with Gasteiger partial charge in [0.05, 0.1) is 34.0 Å². The van der Waals surface area contributed by atoms with Crippen molar-refractivity contribution >= 4 is 7.82 Å². The van der Waals surface area contributed by atoms with Crippen LogP contribution in [0.4, 0.5) is 0 Å². The van der Waals surface area contributed by atoms with Gasteiger partial charge < -0.3 is 19.2 Å². The zero-order chi connectivity index (χ0) is 25.5. The molecular formula is C26H55NO6P+. The van der Waals surface area contributed by atoms with Crippen molar-refractivity contribution in [1.29, 1.82) is 0 Å². The molecule has 0 amide bonds. The molecule has 0 saturated carbocycles. The maximum atomic E-state index is 11.8. The Balaban J connectivity index is 3.46. The monoisotopic (exact) mass is 508 g/mol. The fourth-order valence-electron chi connectivity index (χ4n) is 3.46. The third-order valence-corrected chi connectivity index (χ3v) is 6.64. The van der Waals surface area contributed by atoms with Crippen molar-refractivity contribution in [2.75, 3.05) is 47.5 Å². The Morgan fingerprint density at radius 1 is 0.794 bits per heavy atom. The topological polar surface area (TPSA) is 85.2 Å². The molecule has 0 aromatic heterocycles. The molecule has 0 radical (unpaired) electrons. The number of hydrogen-bond acceptors (Lipinski definition) is 5. The molecule has 2 atom stereocenters. The van der Waals surface area contributed by atoms with Gasteiger partial charge in [-0.3, -0.25) is 9.05 Å². The largest absolute Gasteiger partial charge is 0.499 e. The average molecular weight is 509 g/mol. The summed E-state index contributed by atoms with van der Waals surface area (Å²) in [6.07, 6.45) is 22.4. The molecule has 0 aliphatic heterocycles. The first-order chi connectivity index (χ1) is 16.2. The van der Waals surface area contributed by atoms with Gasteiger partial charge in [-0.1, -0.05) is 90.4 Å². The Kier molecular flexibility index (Phi) is 21.5. The van der Waals surface area contributed by atoms with Gasteiger partial charge in [-0.15, -0.1) is 0 Å². The smallest absolute Gasteiger partial charge is 0.472 e. The van der Waals surface area contributed by atoms with E-state index in [1.165, 1.54) is 83.5 Å². The Morgan fingerprint density at radius 2 is 1.29 bits per heavy atom. The van der Waals surface area contributed by atoms with Crippen LogP contribution in [-0.4, -0.2) is 68.1 Å². The van der Waals surface area contributed by atoms with E-state index in [2.05, 4.69) is 6.92 Å². The number of hydrogen-bond donors (Lipinski definition) is 2. The molecule has 0 heterocycles. The third kappa shape index (κ3) is 26.2. The number of rotatable bonds is 25. The molecular weight excluding hydrogens is 453 g/mol. The Morgan fingerprint density at radius 3 is 1.79 bits per heavy atom. The van der Waals surface area contributed by atoms with Crippen molar-refractivity contribution < 1.29 is 32.8 Å². The van der Waals surface area contributed by atoms with Crippen molar-refractivity contribution in [3.63, 3.8) is 0 Å². The molecule has 1 unspecified atom stereocenters. The Hall–Kier alpha value is -0.430. The second kappa shape index (κ2) is 21.8. The number of ether oxygens (including phenoxy) is 1. The lowest BCUT2D eigenvalue weighted by atomic mass is 10.0. The van der Waals surface area contributed by atoms with Crippen molar-refractivity contribution in [3.8, 4) is 0 Å². The van der Waals surface area contributed by atoms with Gasteiger partial charge in [0.1, 0.15) is 25.9 Å². The van der Waals surface area contributed by atoms with Crippen LogP contribution in [0.2, 0.25) is 0 Å². The van der Waals surface area contributed by atoms with Crippen molar-refractivity contribution in [2.24, 2.45) is 0 Å². The summed E-state index contributed by atoms with van der Waals surface area (Å²) in [6.45, 7) is 2.64. The summed E-state index contributed by atoms with van der Waals surface area (Å²) in [7, 11) is 1.72. The van der Waals surface area contributed by atoms with Gasteiger partial charge in [-0.05, 0) is 18.9 Å². The number of allylic oxidation sites excluding steroid dienone is 1. The van der Waals surface area contributed by atoms with Crippen LogP contribution in [0.15, 0.2) is 12.3 Å². The zero-order valence-corrected chi connectivity index (χ0v) is 23.5. The number of unbranched alkanes of at least 4 members (excludes halogenated alkanes) is 14.